The summed E-state index contributed by atoms with van der Waals surface area (Å²) in [6.07, 6.45) is 0.977. The molecule has 1 unspecified atom stereocenters. The van der Waals surface area contributed by atoms with E-state index in [9.17, 15) is 0 Å². The van der Waals surface area contributed by atoms with Crippen LogP contribution in [0.3, 0.4) is 0 Å². The minimum absolute atomic E-state index is 0.318. The van der Waals surface area contributed by atoms with Gasteiger partial charge < -0.3 is 0 Å². The van der Waals surface area contributed by atoms with Gasteiger partial charge >= 0.3 is 0 Å². The van der Waals surface area contributed by atoms with Crippen LogP contribution < -0.4 is 0 Å². The molecule has 0 aliphatic rings. The summed E-state index contributed by atoms with van der Waals surface area (Å²) in [5.74, 6) is 0. The molecule has 1 atom stereocenters. The van der Waals surface area contributed by atoms with E-state index < -0.39 is 0 Å². The summed E-state index contributed by atoms with van der Waals surface area (Å²) in [6, 6.07) is 10.6. The van der Waals surface area contributed by atoms with Gasteiger partial charge in [-0.05, 0) is 40.9 Å². The van der Waals surface area contributed by atoms with Gasteiger partial charge in [0.1, 0.15) is 0 Å². The summed E-state index contributed by atoms with van der Waals surface area (Å²) in [4.78, 5) is 1.57. The summed E-state index contributed by atoms with van der Waals surface area (Å²) in [5, 5.41) is 0.790. The number of hydrogen-bond acceptors (Lipinski definition) is 1. The van der Waals surface area contributed by atoms with Crippen LogP contribution in [-0.2, 0) is 6.42 Å². The van der Waals surface area contributed by atoms with Gasteiger partial charge in [0.25, 0.3) is 0 Å². The molecule has 0 amide bonds. The molecule has 0 nitrogen and oxygen atoms in total. The lowest BCUT2D eigenvalue weighted by Gasteiger charge is -2.08. The quantitative estimate of drug-likeness (QED) is 0.548. The Hall–Kier alpha value is 0.170. The highest BCUT2D eigenvalue weighted by atomic mass is 79.9. The van der Waals surface area contributed by atoms with Crippen LogP contribution in [0.2, 0.25) is 5.02 Å². The van der Waals surface area contributed by atoms with E-state index in [1.54, 1.807) is 11.3 Å². The van der Waals surface area contributed by atoms with Gasteiger partial charge in [0.05, 0.1) is 13.6 Å². The predicted molar refractivity (Wildman–Crippen MR) is 83.6 cm³/mol. The maximum atomic E-state index is 6.04. The fourth-order valence-electron chi connectivity index (χ4n) is 1.66. The van der Waals surface area contributed by atoms with Crippen LogP contribution in [0.1, 0.15) is 20.8 Å². The van der Waals surface area contributed by atoms with Crippen molar-refractivity contribution in [3.05, 3.63) is 55.1 Å². The van der Waals surface area contributed by atoms with Gasteiger partial charge in [0.15, 0.2) is 0 Å². The van der Waals surface area contributed by atoms with Crippen molar-refractivity contribution in [1.29, 1.82) is 0 Å². The average molecular weight is 395 g/mol. The summed E-state index contributed by atoms with van der Waals surface area (Å²) >= 11 is 14.9. The molecule has 2 rings (SSSR count). The SMILES string of the molecule is Cc1cccc(CC(Br)c2cc(Cl)c(Br)s2)c1. The molecule has 0 saturated carbocycles. The molecule has 0 bridgehead atoms. The molecule has 1 aromatic heterocycles. The number of aryl methyl sites for hydroxylation is 1. The zero-order valence-electron chi connectivity index (χ0n) is 9.21. The Kier molecular flexibility index (Phi) is 4.70. The zero-order valence-corrected chi connectivity index (χ0v) is 14.0. The van der Waals surface area contributed by atoms with Crippen LogP contribution in [0.5, 0.6) is 0 Å². The Morgan fingerprint density at radius 2 is 2.12 bits per heavy atom. The third-order valence-electron chi connectivity index (χ3n) is 2.47. The summed E-state index contributed by atoms with van der Waals surface area (Å²) in [7, 11) is 0. The summed E-state index contributed by atoms with van der Waals surface area (Å²) < 4.78 is 1.00. The molecular weight excluding hydrogens is 383 g/mol. The van der Waals surface area contributed by atoms with Crippen LogP contribution in [0.25, 0.3) is 0 Å². The second kappa shape index (κ2) is 5.87. The minimum atomic E-state index is 0.318. The first-order valence-electron chi connectivity index (χ1n) is 5.20. The number of hydrogen-bond donors (Lipinski definition) is 0. The Morgan fingerprint density at radius 3 is 2.71 bits per heavy atom. The van der Waals surface area contributed by atoms with E-state index in [4.69, 9.17) is 11.6 Å². The van der Waals surface area contributed by atoms with Gasteiger partial charge in [-0.15, -0.1) is 11.3 Å². The largest absolute Gasteiger partial charge is 0.130 e. The molecule has 90 valence electrons. The van der Waals surface area contributed by atoms with E-state index >= 15 is 0 Å². The Morgan fingerprint density at radius 1 is 1.35 bits per heavy atom. The smallest absolute Gasteiger partial charge is 0.0887 e. The molecule has 1 heterocycles. The summed E-state index contributed by atoms with van der Waals surface area (Å²) in [5.41, 5.74) is 2.64. The lowest BCUT2D eigenvalue weighted by molar-refractivity contribution is 0.967. The van der Waals surface area contributed by atoms with E-state index in [1.165, 1.54) is 16.0 Å². The van der Waals surface area contributed by atoms with Crippen molar-refractivity contribution in [2.45, 2.75) is 18.2 Å². The van der Waals surface area contributed by atoms with Gasteiger partial charge in [-0.2, -0.15) is 0 Å². The maximum absolute atomic E-state index is 6.04. The average Bonchev–Trinajstić information content (AvgIpc) is 2.59. The first-order valence-corrected chi connectivity index (χ1v) is 8.11. The number of rotatable bonds is 3. The highest BCUT2D eigenvalue weighted by Crippen LogP contribution is 2.39. The van der Waals surface area contributed by atoms with Crippen LogP contribution in [-0.4, -0.2) is 0 Å². The topological polar surface area (TPSA) is 0 Å². The van der Waals surface area contributed by atoms with Crippen LogP contribution in [0.15, 0.2) is 34.1 Å². The molecule has 17 heavy (non-hydrogen) atoms. The summed E-state index contributed by atoms with van der Waals surface area (Å²) in [6.45, 7) is 2.12. The van der Waals surface area contributed by atoms with Gasteiger partial charge in [-0.1, -0.05) is 57.4 Å². The van der Waals surface area contributed by atoms with E-state index in [0.717, 1.165) is 15.2 Å². The second-order valence-corrected chi connectivity index (χ2v) is 7.85. The first kappa shape index (κ1) is 13.6. The van der Waals surface area contributed by atoms with Crippen molar-refractivity contribution in [3.8, 4) is 0 Å². The van der Waals surface area contributed by atoms with Crippen LogP contribution in [0.4, 0.5) is 0 Å². The molecular formula is C13H11Br2ClS. The van der Waals surface area contributed by atoms with Crippen molar-refractivity contribution >= 4 is 54.8 Å². The van der Waals surface area contributed by atoms with Gasteiger partial charge in [0, 0.05) is 4.88 Å². The van der Waals surface area contributed by atoms with Crippen molar-refractivity contribution in [2.24, 2.45) is 0 Å². The normalized spacial score (nSPS) is 12.7. The van der Waals surface area contributed by atoms with Crippen molar-refractivity contribution in [1.82, 2.24) is 0 Å². The van der Waals surface area contributed by atoms with Gasteiger partial charge in [0.2, 0.25) is 0 Å². The van der Waals surface area contributed by atoms with E-state index in [2.05, 4.69) is 63.0 Å². The van der Waals surface area contributed by atoms with Crippen molar-refractivity contribution < 1.29 is 0 Å². The predicted octanol–water partition coefficient (Wildman–Crippen LogP) is 6.15. The van der Waals surface area contributed by atoms with Crippen LogP contribution in [0, 0.1) is 6.92 Å². The molecule has 0 aliphatic carbocycles. The molecule has 1 aromatic carbocycles. The lowest BCUT2D eigenvalue weighted by atomic mass is 10.1. The molecule has 0 aliphatic heterocycles. The Labute approximate surface area is 127 Å². The van der Waals surface area contributed by atoms with E-state index in [1.807, 2.05) is 6.07 Å². The highest BCUT2D eigenvalue weighted by molar-refractivity contribution is 9.11. The third-order valence-corrected chi connectivity index (χ3v) is 6.18. The van der Waals surface area contributed by atoms with Gasteiger partial charge in [-0.25, -0.2) is 0 Å². The minimum Gasteiger partial charge on any atom is -0.130 e. The standard InChI is InChI=1S/C13H11Br2ClS/c1-8-3-2-4-9(5-8)6-10(14)12-7-11(16)13(15)17-12/h2-5,7,10H,6H2,1H3. The van der Waals surface area contributed by atoms with E-state index in [-0.39, 0.29) is 0 Å². The number of halogens is 3. The second-order valence-electron chi connectivity index (χ2n) is 3.93. The lowest BCUT2D eigenvalue weighted by Crippen LogP contribution is -1.93. The fraction of sp³-hybridized carbons (Fsp3) is 0.231. The van der Waals surface area contributed by atoms with Crippen molar-refractivity contribution in [2.75, 3.05) is 0 Å². The number of benzene rings is 1. The monoisotopic (exact) mass is 392 g/mol. The Balaban J connectivity index is 2.14. The van der Waals surface area contributed by atoms with E-state index in [0.29, 0.717) is 4.83 Å². The molecule has 4 heteroatoms. The third kappa shape index (κ3) is 3.57. The molecule has 0 saturated heterocycles. The molecule has 0 N–H and O–H groups in total. The van der Waals surface area contributed by atoms with Crippen LogP contribution >= 0.6 is 54.8 Å². The highest BCUT2D eigenvalue weighted by Gasteiger charge is 2.13. The fourth-order valence-corrected chi connectivity index (χ4v) is 4.18. The molecule has 0 radical (unpaired) electrons. The number of thiophene rings is 1. The Bertz CT molecular complexity index is 502. The molecule has 2 aromatic rings. The maximum Gasteiger partial charge on any atom is 0.0887 e. The van der Waals surface area contributed by atoms with Gasteiger partial charge in [-0.3, -0.25) is 0 Å². The van der Waals surface area contributed by atoms with Crippen molar-refractivity contribution in [3.63, 3.8) is 0 Å². The molecule has 0 fully saturated rings. The molecule has 0 spiro atoms. The number of alkyl halides is 1. The first-order chi connectivity index (χ1) is 8.06. The zero-order chi connectivity index (χ0) is 12.4.